The topological polar surface area (TPSA) is 46.1 Å². The third-order valence-electron chi connectivity index (χ3n) is 5.32. The first kappa shape index (κ1) is 16.7. The fraction of sp³-hybridized carbons (Fsp3) is 0.550. The standard InChI is InChI=1S/C20H25N3OS/c1-13-7-10-17(25-13)12-23(16-5-3-4-6-16)20(24)18-11-21-19(15-8-9-15)22-14(18)2/h7,10-11,15-16H,3-6,8-9,12H2,1-2H3. The molecule has 0 unspecified atom stereocenters. The van der Waals surface area contributed by atoms with Crippen LogP contribution in [0.4, 0.5) is 0 Å². The molecule has 2 saturated carbocycles. The Labute approximate surface area is 153 Å². The molecule has 132 valence electrons. The summed E-state index contributed by atoms with van der Waals surface area (Å²) in [5.74, 6) is 1.52. The highest BCUT2D eigenvalue weighted by Gasteiger charge is 2.31. The normalized spacial score (nSPS) is 17.8. The molecule has 0 bridgehead atoms. The summed E-state index contributed by atoms with van der Waals surface area (Å²) in [5, 5.41) is 0. The van der Waals surface area contributed by atoms with Crippen molar-refractivity contribution in [2.24, 2.45) is 0 Å². The molecule has 0 spiro atoms. The Hall–Kier alpha value is -1.75. The van der Waals surface area contributed by atoms with Gasteiger partial charge >= 0.3 is 0 Å². The van der Waals surface area contributed by atoms with Gasteiger partial charge in [0.25, 0.3) is 5.91 Å². The minimum Gasteiger partial charge on any atom is -0.330 e. The predicted molar refractivity (Wildman–Crippen MR) is 99.9 cm³/mol. The zero-order valence-electron chi connectivity index (χ0n) is 15.0. The van der Waals surface area contributed by atoms with Crippen molar-refractivity contribution in [1.82, 2.24) is 14.9 Å². The van der Waals surface area contributed by atoms with Crippen molar-refractivity contribution in [3.8, 4) is 0 Å². The summed E-state index contributed by atoms with van der Waals surface area (Å²) in [6, 6.07) is 4.63. The van der Waals surface area contributed by atoms with Gasteiger partial charge in [0.05, 0.1) is 17.8 Å². The van der Waals surface area contributed by atoms with Crippen LogP contribution in [-0.4, -0.2) is 26.8 Å². The predicted octanol–water partition coefficient (Wildman–Crippen LogP) is 4.62. The van der Waals surface area contributed by atoms with Crippen molar-refractivity contribution in [1.29, 1.82) is 0 Å². The van der Waals surface area contributed by atoms with E-state index in [0.717, 1.165) is 24.4 Å². The first-order valence-corrected chi connectivity index (χ1v) is 10.1. The number of aryl methyl sites for hydroxylation is 2. The van der Waals surface area contributed by atoms with Crippen LogP contribution in [0.2, 0.25) is 0 Å². The molecule has 5 heteroatoms. The van der Waals surface area contributed by atoms with Gasteiger partial charge in [-0.2, -0.15) is 0 Å². The lowest BCUT2D eigenvalue weighted by Crippen LogP contribution is -2.38. The van der Waals surface area contributed by atoms with Crippen LogP contribution in [-0.2, 0) is 6.54 Å². The highest BCUT2D eigenvalue weighted by Crippen LogP contribution is 2.38. The maximum atomic E-state index is 13.3. The van der Waals surface area contributed by atoms with Crippen LogP contribution in [0.3, 0.4) is 0 Å². The number of hydrogen-bond donors (Lipinski definition) is 0. The first-order chi connectivity index (χ1) is 12.1. The van der Waals surface area contributed by atoms with Crippen molar-refractivity contribution in [3.63, 3.8) is 0 Å². The number of hydrogen-bond acceptors (Lipinski definition) is 4. The minimum absolute atomic E-state index is 0.0952. The molecule has 0 saturated heterocycles. The van der Waals surface area contributed by atoms with Gasteiger partial charge in [-0.25, -0.2) is 9.97 Å². The fourth-order valence-electron chi connectivity index (χ4n) is 3.71. The number of carbonyl (C=O) groups excluding carboxylic acids is 1. The van der Waals surface area contributed by atoms with Gasteiger partial charge in [0, 0.05) is 27.9 Å². The van der Waals surface area contributed by atoms with E-state index < -0.39 is 0 Å². The van der Waals surface area contributed by atoms with Crippen molar-refractivity contribution in [3.05, 3.63) is 45.2 Å². The van der Waals surface area contributed by atoms with Gasteiger partial charge in [0.1, 0.15) is 5.82 Å². The monoisotopic (exact) mass is 355 g/mol. The average molecular weight is 356 g/mol. The van der Waals surface area contributed by atoms with E-state index in [1.165, 1.54) is 35.4 Å². The molecule has 2 aliphatic carbocycles. The molecular weight excluding hydrogens is 330 g/mol. The Bertz CT molecular complexity index is 775. The van der Waals surface area contributed by atoms with E-state index in [-0.39, 0.29) is 5.91 Å². The molecule has 0 aromatic carbocycles. The molecule has 2 aromatic rings. The Morgan fingerprint density at radius 3 is 2.56 bits per heavy atom. The van der Waals surface area contributed by atoms with Crippen LogP contribution in [0.5, 0.6) is 0 Å². The summed E-state index contributed by atoms with van der Waals surface area (Å²) in [4.78, 5) is 27.0. The zero-order valence-corrected chi connectivity index (χ0v) is 15.8. The second kappa shape index (κ2) is 6.87. The van der Waals surface area contributed by atoms with Gasteiger partial charge in [-0.1, -0.05) is 12.8 Å². The van der Waals surface area contributed by atoms with Crippen LogP contribution in [0.1, 0.15) is 76.1 Å². The van der Waals surface area contributed by atoms with Gasteiger partial charge in [-0.05, 0) is 51.7 Å². The lowest BCUT2D eigenvalue weighted by Gasteiger charge is -2.29. The van der Waals surface area contributed by atoms with Crippen molar-refractivity contribution in [2.45, 2.75) is 70.9 Å². The van der Waals surface area contributed by atoms with E-state index in [0.29, 0.717) is 24.1 Å². The van der Waals surface area contributed by atoms with E-state index in [1.807, 2.05) is 6.92 Å². The second-order valence-electron chi connectivity index (χ2n) is 7.39. The Kier molecular flexibility index (Phi) is 4.59. The number of amides is 1. The molecule has 0 radical (unpaired) electrons. The van der Waals surface area contributed by atoms with Crippen LogP contribution in [0.25, 0.3) is 0 Å². The van der Waals surface area contributed by atoms with E-state index >= 15 is 0 Å². The second-order valence-corrected chi connectivity index (χ2v) is 8.76. The molecular formula is C20H25N3OS. The maximum absolute atomic E-state index is 13.3. The zero-order chi connectivity index (χ0) is 17.4. The number of rotatable bonds is 5. The van der Waals surface area contributed by atoms with E-state index in [2.05, 4.69) is 33.9 Å². The summed E-state index contributed by atoms with van der Waals surface area (Å²) in [5.41, 5.74) is 1.50. The number of thiophene rings is 1. The maximum Gasteiger partial charge on any atom is 0.257 e. The highest BCUT2D eigenvalue weighted by atomic mass is 32.1. The number of aromatic nitrogens is 2. The van der Waals surface area contributed by atoms with E-state index in [1.54, 1.807) is 17.5 Å². The van der Waals surface area contributed by atoms with Gasteiger partial charge in [-0.3, -0.25) is 4.79 Å². The van der Waals surface area contributed by atoms with Crippen LogP contribution in [0, 0.1) is 13.8 Å². The number of carbonyl (C=O) groups is 1. The summed E-state index contributed by atoms with van der Waals surface area (Å²) in [6.45, 7) is 4.76. The summed E-state index contributed by atoms with van der Waals surface area (Å²) in [7, 11) is 0. The van der Waals surface area contributed by atoms with Gasteiger partial charge in [0.15, 0.2) is 0 Å². The quantitative estimate of drug-likeness (QED) is 0.786. The largest absolute Gasteiger partial charge is 0.330 e. The Morgan fingerprint density at radius 2 is 1.96 bits per heavy atom. The minimum atomic E-state index is 0.0952. The van der Waals surface area contributed by atoms with Crippen LogP contribution >= 0.6 is 11.3 Å². The van der Waals surface area contributed by atoms with Crippen molar-refractivity contribution in [2.75, 3.05) is 0 Å². The summed E-state index contributed by atoms with van der Waals surface area (Å²) < 4.78 is 0. The van der Waals surface area contributed by atoms with E-state index in [4.69, 9.17) is 0 Å². The average Bonchev–Trinajstić information content (AvgIpc) is 3.15. The van der Waals surface area contributed by atoms with Crippen LogP contribution < -0.4 is 0 Å². The van der Waals surface area contributed by atoms with E-state index in [9.17, 15) is 4.79 Å². The molecule has 1 amide bonds. The molecule has 0 N–H and O–H groups in total. The molecule has 4 nitrogen and oxygen atoms in total. The van der Waals surface area contributed by atoms with Gasteiger partial charge in [0.2, 0.25) is 0 Å². The third kappa shape index (κ3) is 3.61. The molecule has 0 atom stereocenters. The summed E-state index contributed by atoms with van der Waals surface area (Å²) >= 11 is 1.78. The number of nitrogens with zero attached hydrogens (tertiary/aromatic N) is 3. The molecule has 2 aromatic heterocycles. The lowest BCUT2D eigenvalue weighted by atomic mass is 10.1. The highest BCUT2D eigenvalue weighted by molar-refractivity contribution is 7.11. The van der Waals surface area contributed by atoms with Gasteiger partial charge in [-0.15, -0.1) is 11.3 Å². The first-order valence-electron chi connectivity index (χ1n) is 9.31. The van der Waals surface area contributed by atoms with Crippen LogP contribution in [0.15, 0.2) is 18.3 Å². The molecule has 2 heterocycles. The summed E-state index contributed by atoms with van der Waals surface area (Å²) in [6.07, 6.45) is 8.77. The van der Waals surface area contributed by atoms with Crippen molar-refractivity contribution < 1.29 is 4.79 Å². The molecule has 0 aliphatic heterocycles. The molecule has 2 fully saturated rings. The molecule has 2 aliphatic rings. The van der Waals surface area contributed by atoms with Crippen molar-refractivity contribution >= 4 is 17.2 Å². The molecule has 25 heavy (non-hydrogen) atoms. The molecule has 4 rings (SSSR count). The van der Waals surface area contributed by atoms with Gasteiger partial charge < -0.3 is 4.90 Å². The third-order valence-corrected chi connectivity index (χ3v) is 6.30. The lowest BCUT2D eigenvalue weighted by molar-refractivity contribution is 0.0665. The Balaban J connectivity index is 1.60. The fourth-order valence-corrected chi connectivity index (χ4v) is 4.60. The Morgan fingerprint density at radius 1 is 1.20 bits per heavy atom. The smallest absolute Gasteiger partial charge is 0.257 e. The SMILES string of the molecule is Cc1ccc(CN(C(=O)c2cnc(C3CC3)nc2C)C2CCCC2)s1.